The molecule has 3 aliphatic heterocycles. The molecule has 3 fully saturated rings. The van der Waals surface area contributed by atoms with Gasteiger partial charge in [-0.05, 0) is 11.6 Å². The Bertz CT molecular complexity index is 461. The molecular weight excluding hydrogens is 283 g/mol. The summed E-state index contributed by atoms with van der Waals surface area (Å²) in [7, 11) is 0. The Morgan fingerprint density at radius 1 is 1.21 bits per heavy atom. The lowest BCUT2D eigenvalue weighted by Crippen LogP contribution is -2.64. The van der Waals surface area contributed by atoms with E-state index in [1.54, 1.807) is 6.07 Å². The van der Waals surface area contributed by atoms with E-state index < -0.39 is 0 Å². The van der Waals surface area contributed by atoms with Crippen molar-refractivity contribution in [3.05, 3.63) is 33.8 Å². The van der Waals surface area contributed by atoms with Gasteiger partial charge in [-0.3, -0.25) is 9.80 Å². The van der Waals surface area contributed by atoms with E-state index in [0.717, 1.165) is 38.3 Å². The monoisotopic (exact) mass is 300 g/mol. The van der Waals surface area contributed by atoms with E-state index in [2.05, 4.69) is 9.80 Å². The van der Waals surface area contributed by atoms with Crippen molar-refractivity contribution >= 4 is 23.2 Å². The highest BCUT2D eigenvalue weighted by atomic mass is 35.5. The Morgan fingerprint density at radius 3 is 2.58 bits per heavy atom. The topological polar surface area (TPSA) is 26.7 Å². The van der Waals surface area contributed by atoms with Crippen molar-refractivity contribution in [2.45, 2.75) is 18.6 Å². The second-order valence-corrected chi connectivity index (χ2v) is 6.17. The highest BCUT2D eigenvalue weighted by Gasteiger charge is 2.36. The van der Waals surface area contributed by atoms with Crippen LogP contribution in [0.4, 0.5) is 0 Å². The molecule has 1 N–H and O–H groups in total. The predicted octanol–water partition coefficient (Wildman–Crippen LogP) is 1.90. The summed E-state index contributed by atoms with van der Waals surface area (Å²) in [5, 5.41) is 11.6. The maximum atomic E-state index is 10.5. The number of piperazine rings is 3. The first-order valence-electron chi connectivity index (χ1n) is 6.72. The van der Waals surface area contributed by atoms with Gasteiger partial charge in [-0.1, -0.05) is 35.3 Å². The van der Waals surface area contributed by atoms with E-state index in [-0.39, 0.29) is 12.1 Å². The number of rotatable bonds is 3. The molecule has 3 nitrogen and oxygen atoms in total. The van der Waals surface area contributed by atoms with Gasteiger partial charge in [0.15, 0.2) is 0 Å². The molecule has 2 atom stereocenters. The van der Waals surface area contributed by atoms with Crippen molar-refractivity contribution < 1.29 is 5.11 Å². The van der Waals surface area contributed by atoms with Crippen LogP contribution in [0.2, 0.25) is 10.0 Å². The Balaban J connectivity index is 1.71. The number of nitrogens with zero attached hydrogens (tertiary/aromatic N) is 2. The average molecular weight is 301 g/mol. The van der Waals surface area contributed by atoms with E-state index in [1.165, 1.54) is 0 Å². The van der Waals surface area contributed by atoms with Crippen LogP contribution >= 0.6 is 23.2 Å². The van der Waals surface area contributed by atoms with Gasteiger partial charge >= 0.3 is 0 Å². The van der Waals surface area contributed by atoms with Crippen LogP contribution in [0.5, 0.6) is 0 Å². The summed E-state index contributed by atoms with van der Waals surface area (Å²) in [6, 6.07) is 5.82. The van der Waals surface area contributed by atoms with Crippen molar-refractivity contribution in [2.75, 3.05) is 32.7 Å². The Kier molecular flexibility index (Phi) is 4.01. The number of halogens is 2. The van der Waals surface area contributed by atoms with Crippen LogP contribution in [0, 0.1) is 0 Å². The Hall–Kier alpha value is -0.320. The van der Waals surface area contributed by atoms with E-state index in [0.29, 0.717) is 16.5 Å². The van der Waals surface area contributed by atoms with Gasteiger partial charge in [0.25, 0.3) is 0 Å². The molecule has 5 heteroatoms. The quantitative estimate of drug-likeness (QED) is 0.924. The third-order valence-corrected chi connectivity index (χ3v) is 5.08. The molecule has 3 aliphatic rings. The molecular formula is C14H18Cl2N2O. The first-order valence-corrected chi connectivity index (χ1v) is 7.48. The number of aliphatic hydroxyl groups is 1. The highest BCUT2D eigenvalue weighted by molar-refractivity contribution is 6.42. The predicted molar refractivity (Wildman–Crippen MR) is 78.0 cm³/mol. The molecule has 2 bridgehead atoms. The molecule has 1 aromatic carbocycles. The fourth-order valence-corrected chi connectivity index (χ4v) is 3.49. The summed E-state index contributed by atoms with van der Waals surface area (Å²) >= 11 is 12.2. The van der Waals surface area contributed by atoms with Gasteiger partial charge in [0.05, 0.1) is 16.1 Å². The van der Waals surface area contributed by atoms with E-state index in [4.69, 9.17) is 23.2 Å². The minimum Gasteiger partial charge on any atom is -0.391 e. The third kappa shape index (κ3) is 2.76. The van der Waals surface area contributed by atoms with Gasteiger partial charge in [0.1, 0.15) is 0 Å². The number of hydrogen-bond acceptors (Lipinski definition) is 3. The van der Waals surface area contributed by atoms with Crippen LogP contribution in [0.25, 0.3) is 0 Å². The van der Waals surface area contributed by atoms with Crippen LogP contribution in [0.15, 0.2) is 18.2 Å². The molecule has 0 aromatic heterocycles. The third-order valence-electron chi connectivity index (χ3n) is 4.23. The first kappa shape index (κ1) is 13.7. The molecule has 0 amide bonds. The summed E-state index contributed by atoms with van der Waals surface area (Å²) in [5.74, 6) is 0. The second-order valence-electron chi connectivity index (χ2n) is 5.39. The lowest BCUT2D eigenvalue weighted by molar-refractivity contribution is -0.0453. The zero-order chi connectivity index (χ0) is 13.4. The standard InChI is InChI=1S/C14H18Cl2N2O/c15-11-3-1-2-10(14(11)16)8-13(19)12-9-17-4-6-18(12)7-5-17/h1-3,12-13,19H,4-9H2. The largest absolute Gasteiger partial charge is 0.391 e. The molecule has 0 aliphatic carbocycles. The molecule has 4 rings (SSSR count). The molecule has 3 saturated heterocycles. The number of fused-ring (bicyclic) bond motifs is 3. The van der Waals surface area contributed by atoms with E-state index in [9.17, 15) is 5.11 Å². The average Bonchev–Trinajstić information content (AvgIpc) is 2.45. The number of hydrogen-bond donors (Lipinski definition) is 1. The summed E-state index contributed by atoms with van der Waals surface area (Å²) in [6.45, 7) is 5.33. The minimum atomic E-state index is -0.390. The lowest BCUT2D eigenvalue weighted by Gasteiger charge is -2.49. The molecule has 3 heterocycles. The summed E-state index contributed by atoms with van der Waals surface area (Å²) < 4.78 is 0. The van der Waals surface area contributed by atoms with E-state index >= 15 is 0 Å². The van der Waals surface area contributed by atoms with Crippen LogP contribution in [0.1, 0.15) is 5.56 Å². The van der Waals surface area contributed by atoms with Crippen LogP contribution in [-0.4, -0.2) is 59.8 Å². The molecule has 0 radical (unpaired) electrons. The van der Waals surface area contributed by atoms with Crippen molar-refractivity contribution in [1.82, 2.24) is 9.80 Å². The lowest BCUT2D eigenvalue weighted by atomic mass is 9.97. The van der Waals surface area contributed by atoms with Crippen molar-refractivity contribution in [3.63, 3.8) is 0 Å². The SMILES string of the molecule is OC(Cc1cccc(Cl)c1Cl)C1CN2CCN1CC2. The fraction of sp³-hybridized carbons (Fsp3) is 0.571. The van der Waals surface area contributed by atoms with Crippen molar-refractivity contribution in [2.24, 2.45) is 0 Å². The van der Waals surface area contributed by atoms with Gasteiger partial charge in [-0.2, -0.15) is 0 Å². The molecule has 2 unspecified atom stereocenters. The summed E-state index contributed by atoms with van der Waals surface area (Å²) in [4.78, 5) is 4.82. The van der Waals surface area contributed by atoms with Crippen molar-refractivity contribution in [3.8, 4) is 0 Å². The zero-order valence-corrected chi connectivity index (χ0v) is 12.2. The zero-order valence-electron chi connectivity index (χ0n) is 10.7. The Morgan fingerprint density at radius 2 is 1.95 bits per heavy atom. The van der Waals surface area contributed by atoms with Gasteiger partial charge in [-0.25, -0.2) is 0 Å². The van der Waals surface area contributed by atoms with E-state index in [1.807, 2.05) is 12.1 Å². The molecule has 19 heavy (non-hydrogen) atoms. The van der Waals surface area contributed by atoms with Crippen molar-refractivity contribution in [1.29, 1.82) is 0 Å². The van der Waals surface area contributed by atoms with Crippen LogP contribution in [0.3, 0.4) is 0 Å². The number of aliphatic hydroxyl groups excluding tert-OH is 1. The van der Waals surface area contributed by atoms with Gasteiger partial charge < -0.3 is 5.11 Å². The maximum absolute atomic E-state index is 10.5. The molecule has 104 valence electrons. The van der Waals surface area contributed by atoms with Crippen LogP contribution in [-0.2, 0) is 6.42 Å². The van der Waals surface area contributed by atoms with Crippen LogP contribution < -0.4 is 0 Å². The van der Waals surface area contributed by atoms with Gasteiger partial charge in [-0.15, -0.1) is 0 Å². The molecule has 0 saturated carbocycles. The Labute approximate surface area is 123 Å². The summed E-state index contributed by atoms with van der Waals surface area (Å²) in [6.07, 6.45) is 0.174. The normalized spacial score (nSPS) is 31.4. The smallest absolute Gasteiger partial charge is 0.0748 e. The summed E-state index contributed by atoms with van der Waals surface area (Å²) in [5.41, 5.74) is 0.930. The molecule has 1 aromatic rings. The highest BCUT2D eigenvalue weighted by Crippen LogP contribution is 2.28. The first-order chi connectivity index (χ1) is 9.15. The second kappa shape index (κ2) is 5.58. The fourth-order valence-electron chi connectivity index (χ4n) is 3.09. The number of benzene rings is 1. The van der Waals surface area contributed by atoms with Gasteiger partial charge in [0, 0.05) is 45.2 Å². The van der Waals surface area contributed by atoms with Gasteiger partial charge in [0.2, 0.25) is 0 Å². The maximum Gasteiger partial charge on any atom is 0.0748 e. The molecule has 0 spiro atoms. The minimum absolute atomic E-state index is 0.220.